The smallest absolute Gasteiger partial charge is 0.189 e. The first kappa shape index (κ1) is 29.4. The Kier molecular flexibility index (Phi) is 15.1. The van der Waals surface area contributed by atoms with E-state index in [1.54, 1.807) is 25.3 Å². The molecular weight excluding hydrogens is 452 g/mol. The Morgan fingerprint density at radius 3 is 1.94 bits per heavy atom. The van der Waals surface area contributed by atoms with Gasteiger partial charge < -0.3 is 19.3 Å². The Bertz CT molecular complexity index is 888. The van der Waals surface area contributed by atoms with E-state index in [0.29, 0.717) is 18.1 Å². The minimum absolute atomic E-state index is 0.0693. The lowest BCUT2D eigenvalue weighted by molar-refractivity contribution is 0.0511. The van der Waals surface area contributed by atoms with E-state index >= 15 is 0 Å². The molecule has 5 heteroatoms. The molecule has 36 heavy (non-hydrogen) atoms. The van der Waals surface area contributed by atoms with Crippen molar-refractivity contribution in [3.8, 4) is 17.2 Å². The first-order valence-electron chi connectivity index (χ1n) is 13.5. The average Bonchev–Trinajstić information content (AvgIpc) is 2.89. The van der Waals surface area contributed by atoms with Crippen molar-refractivity contribution in [1.29, 1.82) is 0 Å². The van der Waals surface area contributed by atoms with Crippen LogP contribution >= 0.6 is 0 Å². The van der Waals surface area contributed by atoms with Crippen LogP contribution in [0.25, 0.3) is 6.08 Å². The Labute approximate surface area is 217 Å². The number of benzene rings is 2. The molecule has 2 aromatic rings. The van der Waals surface area contributed by atoms with Gasteiger partial charge in [-0.25, -0.2) is 0 Å². The molecule has 0 aliphatic heterocycles. The fraction of sp³-hybridized carbons (Fsp3) is 0.516. The van der Waals surface area contributed by atoms with Gasteiger partial charge in [0.25, 0.3) is 0 Å². The van der Waals surface area contributed by atoms with E-state index in [2.05, 4.69) is 6.92 Å². The van der Waals surface area contributed by atoms with E-state index in [-0.39, 0.29) is 23.9 Å². The van der Waals surface area contributed by atoms with E-state index < -0.39 is 0 Å². The number of ketones is 1. The summed E-state index contributed by atoms with van der Waals surface area (Å²) in [4.78, 5) is 12.5. The number of hydrogen-bond donors (Lipinski definition) is 1. The Morgan fingerprint density at radius 1 is 0.778 bits per heavy atom. The van der Waals surface area contributed by atoms with Gasteiger partial charge in [0.15, 0.2) is 12.6 Å². The maximum absolute atomic E-state index is 12.5. The number of carbonyl (C=O) groups is 1. The first-order valence-corrected chi connectivity index (χ1v) is 13.5. The van der Waals surface area contributed by atoms with Crippen LogP contribution in [0.5, 0.6) is 17.2 Å². The van der Waals surface area contributed by atoms with Crippen molar-refractivity contribution in [2.45, 2.75) is 84.0 Å². The van der Waals surface area contributed by atoms with Crippen LogP contribution in [0.1, 0.15) is 99.9 Å². The van der Waals surface area contributed by atoms with E-state index in [1.165, 1.54) is 76.4 Å². The van der Waals surface area contributed by atoms with Gasteiger partial charge in [-0.2, -0.15) is 0 Å². The molecule has 0 aliphatic rings. The van der Waals surface area contributed by atoms with Gasteiger partial charge in [0.1, 0.15) is 17.2 Å². The molecular formula is C31H44O5. The fourth-order valence-corrected chi connectivity index (χ4v) is 4.01. The van der Waals surface area contributed by atoms with Crippen molar-refractivity contribution in [3.05, 3.63) is 59.7 Å². The summed E-state index contributed by atoms with van der Waals surface area (Å²) in [6.45, 7) is 3.07. The number of unbranched alkanes of at least 4 members (excludes halogenated alkanes) is 11. The van der Waals surface area contributed by atoms with Gasteiger partial charge in [0, 0.05) is 13.2 Å². The van der Waals surface area contributed by atoms with Crippen LogP contribution in [0.2, 0.25) is 0 Å². The van der Waals surface area contributed by atoms with Crippen molar-refractivity contribution >= 4 is 11.9 Å². The number of carbonyl (C=O) groups excluding carboxylic acids is 1. The summed E-state index contributed by atoms with van der Waals surface area (Å²) in [5.74, 6) is 0.944. The van der Waals surface area contributed by atoms with Gasteiger partial charge >= 0.3 is 0 Å². The molecule has 5 nitrogen and oxygen atoms in total. The average molecular weight is 497 g/mol. The zero-order valence-electron chi connectivity index (χ0n) is 22.2. The van der Waals surface area contributed by atoms with Crippen LogP contribution in [-0.4, -0.2) is 31.4 Å². The molecule has 0 heterocycles. The molecule has 2 rings (SSSR count). The normalized spacial score (nSPS) is 11.2. The van der Waals surface area contributed by atoms with Crippen molar-refractivity contribution in [1.82, 2.24) is 0 Å². The van der Waals surface area contributed by atoms with Crippen molar-refractivity contribution < 1.29 is 24.1 Å². The van der Waals surface area contributed by atoms with Crippen LogP contribution in [0.4, 0.5) is 0 Å². The van der Waals surface area contributed by atoms with Crippen LogP contribution in [0, 0.1) is 0 Å². The monoisotopic (exact) mass is 496 g/mol. The molecule has 198 valence electrons. The number of hydrogen-bond acceptors (Lipinski definition) is 5. The molecule has 0 radical (unpaired) electrons. The van der Waals surface area contributed by atoms with Gasteiger partial charge in [-0.05, 0) is 42.3 Å². The second-order valence-electron chi connectivity index (χ2n) is 9.23. The van der Waals surface area contributed by atoms with Crippen molar-refractivity contribution in [2.75, 3.05) is 20.5 Å². The molecule has 0 bridgehead atoms. The van der Waals surface area contributed by atoms with Crippen LogP contribution in [-0.2, 0) is 4.74 Å². The third-order valence-electron chi connectivity index (χ3n) is 6.15. The van der Waals surface area contributed by atoms with E-state index in [1.807, 2.05) is 24.3 Å². The third kappa shape index (κ3) is 12.3. The highest BCUT2D eigenvalue weighted by molar-refractivity contribution is 6.08. The standard InChI is InChI=1S/C31H44O5/c1-3-4-5-6-7-8-9-10-11-12-13-14-23-35-28-20-21-29(31(33)24-28)30(32)22-17-26-15-18-27(19-16-26)36-25-34-2/h15-22,24,33H,3-14,23,25H2,1-2H3/b22-17+. The van der Waals surface area contributed by atoms with Crippen LogP contribution < -0.4 is 9.47 Å². The number of ether oxygens (including phenoxy) is 3. The van der Waals surface area contributed by atoms with Gasteiger partial charge in [-0.15, -0.1) is 0 Å². The molecule has 0 aliphatic carbocycles. The maximum Gasteiger partial charge on any atom is 0.189 e. The zero-order chi connectivity index (χ0) is 25.8. The zero-order valence-corrected chi connectivity index (χ0v) is 22.2. The number of allylic oxidation sites excluding steroid dienone is 1. The lowest BCUT2D eigenvalue weighted by Crippen LogP contribution is -1.99. The van der Waals surface area contributed by atoms with Crippen LogP contribution in [0.3, 0.4) is 0 Å². The Morgan fingerprint density at radius 2 is 1.36 bits per heavy atom. The molecule has 0 saturated carbocycles. The first-order chi connectivity index (χ1) is 17.6. The highest BCUT2D eigenvalue weighted by Gasteiger charge is 2.10. The van der Waals surface area contributed by atoms with E-state index in [9.17, 15) is 9.90 Å². The molecule has 0 atom stereocenters. The molecule has 0 spiro atoms. The van der Waals surface area contributed by atoms with Gasteiger partial charge in [0.2, 0.25) is 0 Å². The minimum Gasteiger partial charge on any atom is -0.507 e. The predicted molar refractivity (Wildman–Crippen MR) is 147 cm³/mol. The van der Waals surface area contributed by atoms with Gasteiger partial charge in [-0.1, -0.05) is 95.8 Å². The Balaban J connectivity index is 1.62. The van der Waals surface area contributed by atoms with Crippen LogP contribution in [0.15, 0.2) is 48.5 Å². The van der Waals surface area contributed by atoms with Gasteiger partial charge in [-0.3, -0.25) is 4.79 Å². The van der Waals surface area contributed by atoms with E-state index in [4.69, 9.17) is 14.2 Å². The number of phenols is 1. The van der Waals surface area contributed by atoms with E-state index in [0.717, 1.165) is 18.4 Å². The number of methoxy groups -OCH3 is 1. The highest BCUT2D eigenvalue weighted by Crippen LogP contribution is 2.25. The summed E-state index contributed by atoms with van der Waals surface area (Å²) in [6, 6.07) is 12.2. The summed E-state index contributed by atoms with van der Waals surface area (Å²) in [7, 11) is 1.57. The summed E-state index contributed by atoms with van der Waals surface area (Å²) in [5.41, 5.74) is 1.11. The van der Waals surface area contributed by atoms with Crippen molar-refractivity contribution in [2.24, 2.45) is 0 Å². The minimum atomic E-state index is -0.264. The van der Waals surface area contributed by atoms with Crippen molar-refractivity contribution in [3.63, 3.8) is 0 Å². The molecule has 0 unspecified atom stereocenters. The molecule has 0 aromatic heterocycles. The molecule has 2 aromatic carbocycles. The molecule has 1 N–H and O–H groups in total. The second-order valence-corrected chi connectivity index (χ2v) is 9.23. The molecule has 0 fully saturated rings. The number of phenolic OH excluding ortho intramolecular Hbond substituents is 1. The SMILES string of the molecule is CCCCCCCCCCCCCCOc1ccc(C(=O)/C=C/c2ccc(OCOC)cc2)c(O)c1. The maximum atomic E-state index is 12.5. The number of rotatable bonds is 20. The molecule has 0 amide bonds. The summed E-state index contributed by atoms with van der Waals surface area (Å²) < 4.78 is 16.0. The number of aromatic hydroxyl groups is 1. The molecule has 0 saturated heterocycles. The summed E-state index contributed by atoms with van der Waals surface area (Å²) in [5, 5.41) is 10.3. The predicted octanol–water partition coefficient (Wildman–Crippen LogP) is 8.35. The summed E-state index contributed by atoms with van der Waals surface area (Å²) >= 11 is 0. The third-order valence-corrected chi connectivity index (χ3v) is 6.15. The lowest BCUT2D eigenvalue weighted by atomic mass is 10.1. The fourth-order valence-electron chi connectivity index (χ4n) is 4.01. The Hall–Kier alpha value is -2.79. The highest BCUT2D eigenvalue weighted by atomic mass is 16.7. The lowest BCUT2D eigenvalue weighted by Gasteiger charge is -2.08. The van der Waals surface area contributed by atoms with Gasteiger partial charge in [0.05, 0.1) is 12.2 Å². The topological polar surface area (TPSA) is 65.0 Å². The summed E-state index contributed by atoms with van der Waals surface area (Å²) in [6.07, 6.45) is 18.8. The largest absolute Gasteiger partial charge is 0.507 e. The quantitative estimate of drug-likeness (QED) is 0.0863. The second kappa shape index (κ2) is 18.5.